The second-order valence-corrected chi connectivity index (χ2v) is 14.0. The Hall–Kier alpha value is -7.76. The highest BCUT2D eigenvalue weighted by Crippen LogP contribution is 2.40. The predicted octanol–water partition coefficient (Wildman–Crippen LogP) is 13.4. The van der Waals surface area contributed by atoms with Gasteiger partial charge in [0.2, 0.25) is 0 Å². The Morgan fingerprint density at radius 3 is 1.16 bits per heavy atom. The minimum Gasteiger partial charge on any atom is -0.310 e. The Morgan fingerprint density at radius 1 is 0.263 bits per heavy atom. The molecular formula is C52H35N5. The molecule has 8 aromatic carbocycles. The quantitative estimate of drug-likeness (QED) is 0.156. The molecule has 10 aromatic rings. The zero-order valence-electron chi connectivity index (χ0n) is 30.9. The van der Waals surface area contributed by atoms with Crippen LogP contribution in [0, 0.1) is 0 Å². The summed E-state index contributed by atoms with van der Waals surface area (Å²) >= 11 is 0. The molecule has 0 N–H and O–H groups in total. The van der Waals surface area contributed by atoms with Gasteiger partial charge in [0, 0.05) is 28.2 Å². The van der Waals surface area contributed by atoms with Gasteiger partial charge in [-0.1, -0.05) is 127 Å². The maximum atomic E-state index is 4.92. The van der Waals surface area contributed by atoms with Crippen LogP contribution in [0.15, 0.2) is 213 Å². The van der Waals surface area contributed by atoms with Gasteiger partial charge in [-0.3, -0.25) is 9.97 Å². The third-order valence-corrected chi connectivity index (χ3v) is 10.3. The van der Waals surface area contributed by atoms with Gasteiger partial charge in [0.05, 0.1) is 45.8 Å². The summed E-state index contributed by atoms with van der Waals surface area (Å²) < 4.78 is 0. The van der Waals surface area contributed by atoms with Crippen LogP contribution in [0.4, 0.5) is 17.1 Å². The van der Waals surface area contributed by atoms with E-state index >= 15 is 0 Å². The molecule has 10 rings (SSSR count). The van der Waals surface area contributed by atoms with Gasteiger partial charge in [0.15, 0.2) is 0 Å². The van der Waals surface area contributed by atoms with Crippen molar-refractivity contribution in [3.8, 4) is 55.9 Å². The normalized spacial score (nSPS) is 11.2. The van der Waals surface area contributed by atoms with Crippen molar-refractivity contribution in [1.29, 1.82) is 0 Å². The van der Waals surface area contributed by atoms with Crippen molar-refractivity contribution in [2.45, 2.75) is 0 Å². The standard InChI is InChI=1S/C52H35N5/c1-2-12-36(13-3-1)37-26-28-44(29-27-37)57(45-20-10-16-40(32-45)38-14-8-18-42(30-38)51-34-53-47-22-4-6-24-49(47)55-51)46-21-11-17-41(33-46)39-15-9-19-43(31-39)52-35-54-48-23-5-7-25-50(48)56-52/h1-35H. The van der Waals surface area contributed by atoms with Crippen LogP contribution in [0.1, 0.15) is 0 Å². The Labute approximate surface area is 331 Å². The molecule has 0 aliphatic heterocycles. The van der Waals surface area contributed by atoms with E-state index in [9.17, 15) is 0 Å². The predicted molar refractivity (Wildman–Crippen MR) is 234 cm³/mol. The van der Waals surface area contributed by atoms with E-state index in [2.05, 4.69) is 167 Å². The SMILES string of the molecule is c1ccc(-c2ccc(N(c3cccc(-c4cccc(-c5cnc6ccccc6n5)c4)c3)c3cccc(-c4cccc(-c5cnc6ccccc6n5)c4)c3)cc2)cc1. The number of benzene rings is 8. The maximum Gasteiger partial charge on any atom is 0.0894 e. The average Bonchev–Trinajstić information content (AvgIpc) is 3.29. The molecule has 0 fully saturated rings. The third-order valence-electron chi connectivity index (χ3n) is 10.3. The molecule has 0 saturated heterocycles. The fourth-order valence-electron chi connectivity index (χ4n) is 7.44. The summed E-state index contributed by atoms with van der Waals surface area (Å²) in [6.07, 6.45) is 3.72. The number of hydrogen-bond acceptors (Lipinski definition) is 5. The molecule has 0 saturated carbocycles. The second-order valence-electron chi connectivity index (χ2n) is 14.0. The van der Waals surface area contributed by atoms with Crippen LogP contribution >= 0.6 is 0 Å². The van der Waals surface area contributed by atoms with Gasteiger partial charge in [-0.2, -0.15) is 0 Å². The molecule has 0 amide bonds. The van der Waals surface area contributed by atoms with Gasteiger partial charge in [-0.25, -0.2) is 9.97 Å². The number of para-hydroxylation sites is 4. The van der Waals surface area contributed by atoms with Crippen molar-refractivity contribution in [2.75, 3.05) is 4.90 Å². The van der Waals surface area contributed by atoms with E-state index in [0.29, 0.717) is 0 Å². The van der Waals surface area contributed by atoms with Crippen LogP contribution in [0.2, 0.25) is 0 Å². The minimum absolute atomic E-state index is 0.848. The van der Waals surface area contributed by atoms with Crippen LogP contribution < -0.4 is 4.90 Å². The molecule has 0 unspecified atom stereocenters. The van der Waals surface area contributed by atoms with Crippen molar-refractivity contribution < 1.29 is 0 Å². The molecule has 5 nitrogen and oxygen atoms in total. The van der Waals surface area contributed by atoms with Crippen LogP contribution in [-0.4, -0.2) is 19.9 Å². The van der Waals surface area contributed by atoms with Crippen molar-refractivity contribution >= 4 is 39.1 Å². The number of fused-ring (bicyclic) bond motifs is 2. The van der Waals surface area contributed by atoms with Crippen LogP contribution in [0.3, 0.4) is 0 Å². The third kappa shape index (κ3) is 6.90. The summed E-state index contributed by atoms with van der Waals surface area (Å²) in [6, 6.07) is 69.9. The number of aromatic nitrogens is 4. The Kier molecular flexibility index (Phi) is 8.78. The lowest BCUT2D eigenvalue weighted by molar-refractivity contribution is 1.28. The number of hydrogen-bond donors (Lipinski definition) is 0. The summed E-state index contributed by atoms with van der Waals surface area (Å²) in [7, 11) is 0. The molecule has 268 valence electrons. The molecule has 5 heteroatoms. The van der Waals surface area contributed by atoms with Gasteiger partial charge in [0.1, 0.15) is 0 Å². The summed E-state index contributed by atoms with van der Waals surface area (Å²) in [5, 5.41) is 0. The van der Waals surface area contributed by atoms with E-state index in [1.54, 1.807) is 0 Å². The summed E-state index contributed by atoms with van der Waals surface area (Å²) in [5.74, 6) is 0. The van der Waals surface area contributed by atoms with Crippen molar-refractivity contribution in [2.24, 2.45) is 0 Å². The first kappa shape index (κ1) is 33.8. The highest BCUT2D eigenvalue weighted by atomic mass is 15.1. The molecule has 0 bridgehead atoms. The Bertz CT molecular complexity index is 2860. The van der Waals surface area contributed by atoms with E-state index in [1.165, 1.54) is 11.1 Å². The molecule has 2 aromatic heterocycles. The lowest BCUT2D eigenvalue weighted by atomic mass is 9.99. The van der Waals surface area contributed by atoms with Gasteiger partial charge >= 0.3 is 0 Å². The van der Waals surface area contributed by atoms with E-state index in [0.717, 1.165) is 83.9 Å². The van der Waals surface area contributed by atoms with Gasteiger partial charge in [-0.05, 0) is 106 Å². The molecule has 2 heterocycles. The van der Waals surface area contributed by atoms with Gasteiger partial charge in [0.25, 0.3) is 0 Å². The first-order valence-electron chi connectivity index (χ1n) is 19.0. The molecule has 0 aliphatic rings. The van der Waals surface area contributed by atoms with E-state index in [4.69, 9.17) is 9.97 Å². The fourth-order valence-corrected chi connectivity index (χ4v) is 7.44. The topological polar surface area (TPSA) is 54.8 Å². The first-order chi connectivity index (χ1) is 28.2. The van der Waals surface area contributed by atoms with Crippen LogP contribution in [0.5, 0.6) is 0 Å². The summed E-state index contributed by atoms with van der Waals surface area (Å²) in [4.78, 5) is 21.5. The van der Waals surface area contributed by atoms with Crippen molar-refractivity contribution in [1.82, 2.24) is 19.9 Å². The molecule has 0 spiro atoms. The smallest absolute Gasteiger partial charge is 0.0894 e. The van der Waals surface area contributed by atoms with E-state index in [-0.39, 0.29) is 0 Å². The number of rotatable bonds is 8. The lowest BCUT2D eigenvalue weighted by Crippen LogP contribution is -2.10. The van der Waals surface area contributed by atoms with Crippen molar-refractivity contribution in [3.63, 3.8) is 0 Å². The average molecular weight is 730 g/mol. The molecule has 0 radical (unpaired) electrons. The second kappa shape index (κ2) is 14.8. The van der Waals surface area contributed by atoms with Gasteiger partial charge < -0.3 is 4.90 Å². The lowest BCUT2D eigenvalue weighted by Gasteiger charge is -2.27. The Balaban J connectivity index is 1.04. The highest BCUT2D eigenvalue weighted by molar-refractivity contribution is 5.85. The zero-order chi connectivity index (χ0) is 38.0. The van der Waals surface area contributed by atoms with E-state index < -0.39 is 0 Å². The molecule has 0 aliphatic carbocycles. The monoisotopic (exact) mass is 729 g/mol. The number of nitrogens with zero attached hydrogens (tertiary/aromatic N) is 5. The Morgan fingerprint density at radius 2 is 0.649 bits per heavy atom. The van der Waals surface area contributed by atoms with Crippen LogP contribution in [0.25, 0.3) is 78.0 Å². The highest BCUT2D eigenvalue weighted by Gasteiger charge is 2.16. The molecule has 57 heavy (non-hydrogen) atoms. The number of anilines is 3. The van der Waals surface area contributed by atoms with Crippen LogP contribution in [-0.2, 0) is 0 Å². The minimum atomic E-state index is 0.848. The maximum absolute atomic E-state index is 4.92. The molecular weight excluding hydrogens is 695 g/mol. The largest absolute Gasteiger partial charge is 0.310 e. The summed E-state index contributed by atoms with van der Waals surface area (Å²) in [5.41, 5.74) is 17.2. The van der Waals surface area contributed by atoms with Gasteiger partial charge in [-0.15, -0.1) is 0 Å². The summed E-state index contributed by atoms with van der Waals surface area (Å²) in [6.45, 7) is 0. The zero-order valence-corrected chi connectivity index (χ0v) is 30.9. The fraction of sp³-hybridized carbons (Fsp3) is 0. The van der Waals surface area contributed by atoms with E-state index in [1.807, 2.05) is 60.9 Å². The molecule has 0 atom stereocenters. The first-order valence-corrected chi connectivity index (χ1v) is 19.0. The van der Waals surface area contributed by atoms with Crippen molar-refractivity contribution in [3.05, 3.63) is 213 Å².